The van der Waals surface area contributed by atoms with Gasteiger partial charge in [0.2, 0.25) is 0 Å². The van der Waals surface area contributed by atoms with Crippen LogP contribution in [0, 0.1) is 0 Å². The van der Waals surface area contributed by atoms with Crippen molar-refractivity contribution < 1.29 is 4.74 Å². The fraction of sp³-hybridized carbons (Fsp3) is 0.500. The molecule has 2 aromatic rings. The summed E-state index contributed by atoms with van der Waals surface area (Å²) in [4.78, 5) is 30.4. The molecule has 0 spiro atoms. The molecule has 7 nitrogen and oxygen atoms in total. The first-order valence-corrected chi connectivity index (χ1v) is 10.4. The van der Waals surface area contributed by atoms with Gasteiger partial charge in [-0.1, -0.05) is 51.1 Å². The molecule has 0 radical (unpaired) electrons. The van der Waals surface area contributed by atoms with Crippen LogP contribution in [0.4, 0.5) is 11.5 Å². The Labute approximate surface area is 171 Å². The second-order valence-corrected chi connectivity index (χ2v) is 6.88. The van der Waals surface area contributed by atoms with E-state index in [1.807, 2.05) is 58.0 Å². The van der Waals surface area contributed by atoms with Crippen molar-refractivity contribution in [3.05, 3.63) is 56.7 Å². The van der Waals surface area contributed by atoms with Crippen molar-refractivity contribution in [2.75, 3.05) is 12.3 Å². The van der Waals surface area contributed by atoms with Crippen molar-refractivity contribution in [1.29, 1.82) is 0 Å². The third-order valence-electron chi connectivity index (χ3n) is 4.76. The van der Waals surface area contributed by atoms with E-state index >= 15 is 0 Å². The van der Waals surface area contributed by atoms with Crippen molar-refractivity contribution >= 4 is 17.4 Å². The van der Waals surface area contributed by atoms with Gasteiger partial charge in [-0.15, -0.1) is 0 Å². The van der Waals surface area contributed by atoms with E-state index in [0.29, 0.717) is 32.0 Å². The van der Waals surface area contributed by atoms with Gasteiger partial charge in [-0.2, -0.15) is 0 Å². The van der Waals surface area contributed by atoms with E-state index in [-0.39, 0.29) is 23.1 Å². The van der Waals surface area contributed by atoms with E-state index in [1.54, 1.807) is 0 Å². The molecule has 0 unspecified atom stereocenters. The van der Waals surface area contributed by atoms with Crippen LogP contribution in [0.15, 0.2) is 44.9 Å². The van der Waals surface area contributed by atoms with E-state index in [4.69, 9.17) is 10.5 Å². The lowest BCUT2D eigenvalue weighted by Gasteiger charge is -2.19. The van der Waals surface area contributed by atoms with E-state index < -0.39 is 5.56 Å². The first-order chi connectivity index (χ1) is 14.0. The number of nitrogens with two attached hydrogens (primary N) is 1. The second kappa shape index (κ2) is 10.6. The van der Waals surface area contributed by atoms with Crippen molar-refractivity contribution in [3.63, 3.8) is 0 Å². The Hall–Kier alpha value is -2.83. The summed E-state index contributed by atoms with van der Waals surface area (Å²) in [7, 11) is 0. The van der Waals surface area contributed by atoms with Gasteiger partial charge in [0.25, 0.3) is 5.56 Å². The number of hydrogen-bond donors (Lipinski definition) is 1. The number of nitrogens with zero attached hydrogens (tertiary/aromatic N) is 3. The molecule has 29 heavy (non-hydrogen) atoms. The minimum Gasteiger partial charge on any atom is -0.481 e. The fourth-order valence-corrected chi connectivity index (χ4v) is 3.37. The summed E-state index contributed by atoms with van der Waals surface area (Å²) in [6.45, 7) is 8.97. The fourth-order valence-electron chi connectivity index (χ4n) is 3.37. The summed E-state index contributed by atoms with van der Waals surface area (Å²) < 4.78 is 8.51. The largest absolute Gasteiger partial charge is 0.481 e. The average molecular weight is 401 g/mol. The van der Waals surface area contributed by atoms with Crippen molar-refractivity contribution in [3.8, 4) is 0 Å². The van der Waals surface area contributed by atoms with Gasteiger partial charge in [-0.3, -0.25) is 13.9 Å². The molecule has 1 atom stereocenters. The molecule has 1 aromatic carbocycles. The second-order valence-electron chi connectivity index (χ2n) is 6.88. The predicted molar refractivity (Wildman–Crippen MR) is 118 cm³/mol. The third-order valence-corrected chi connectivity index (χ3v) is 4.76. The highest BCUT2D eigenvalue weighted by atomic mass is 16.5. The Morgan fingerprint density at radius 1 is 1.03 bits per heavy atom. The number of nitrogen functional groups attached to an aromatic ring is 1. The zero-order valence-electron chi connectivity index (χ0n) is 17.9. The predicted octanol–water partition coefficient (Wildman–Crippen LogP) is 3.67. The molecule has 0 aliphatic heterocycles. The first kappa shape index (κ1) is 22.5. The number of anilines is 1. The van der Waals surface area contributed by atoms with Crippen LogP contribution in [0.25, 0.3) is 0 Å². The Morgan fingerprint density at radius 3 is 2.21 bits per heavy atom. The lowest BCUT2D eigenvalue weighted by molar-refractivity contribution is 0.310. The van der Waals surface area contributed by atoms with Gasteiger partial charge in [0.1, 0.15) is 5.82 Å². The molecular formula is C22H32N4O3. The summed E-state index contributed by atoms with van der Waals surface area (Å²) in [5.41, 5.74) is 6.52. The van der Waals surface area contributed by atoms with Gasteiger partial charge in [0.15, 0.2) is 11.6 Å². The highest BCUT2D eigenvalue weighted by Gasteiger charge is 2.22. The average Bonchev–Trinajstić information content (AvgIpc) is 2.73. The summed E-state index contributed by atoms with van der Waals surface area (Å²) in [5.74, 6) is 0.421. The lowest BCUT2D eigenvalue weighted by atomic mass is 9.96. The maximum absolute atomic E-state index is 13.1. The number of hydrogen-bond acceptors (Lipinski definition) is 5. The van der Waals surface area contributed by atoms with Crippen LogP contribution in [0.5, 0.6) is 0 Å². The lowest BCUT2D eigenvalue weighted by Crippen LogP contribution is -2.41. The molecule has 0 saturated heterocycles. The normalized spacial score (nSPS) is 12.8. The van der Waals surface area contributed by atoms with Crippen LogP contribution < -0.4 is 17.0 Å². The molecule has 0 aliphatic rings. The van der Waals surface area contributed by atoms with Crippen molar-refractivity contribution in [2.24, 2.45) is 4.99 Å². The molecule has 1 heterocycles. The van der Waals surface area contributed by atoms with E-state index in [2.05, 4.69) is 4.99 Å². The molecule has 2 rings (SSSR count). The molecule has 7 heteroatoms. The van der Waals surface area contributed by atoms with Gasteiger partial charge < -0.3 is 10.5 Å². The maximum Gasteiger partial charge on any atom is 0.332 e. The third kappa shape index (κ3) is 4.96. The molecule has 1 aromatic heterocycles. The summed E-state index contributed by atoms with van der Waals surface area (Å²) in [6, 6.07) is 9.91. The zero-order valence-corrected chi connectivity index (χ0v) is 17.9. The maximum atomic E-state index is 13.1. The molecule has 158 valence electrons. The number of ether oxygens (including phenoxy) is 1. The van der Waals surface area contributed by atoms with E-state index in [9.17, 15) is 9.59 Å². The van der Waals surface area contributed by atoms with Crippen LogP contribution >= 0.6 is 0 Å². The first-order valence-electron chi connectivity index (χ1n) is 10.4. The van der Waals surface area contributed by atoms with Gasteiger partial charge in [-0.25, -0.2) is 9.79 Å². The standard InChI is InChI=1S/C22H32N4O3/c1-5-14-25-19(23)18(21(27)26(15-6-2)22(25)28)24-20(29-8-4)17(7-3)16-12-10-9-11-13-16/h9-13,17H,5-8,14-15,23H2,1-4H3/t17-/m0/s1. The van der Waals surface area contributed by atoms with Gasteiger partial charge >= 0.3 is 5.69 Å². The number of rotatable bonds is 9. The van der Waals surface area contributed by atoms with Gasteiger partial charge in [-0.05, 0) is 31.7 Å². The number of aromatic nitrogens is 2. The number of aliphatic imine (C=N–C) groups is 1. The van der Waals surface area contributed by atoms with Gasteiger partial charge in [0, 0.05) is 13.1 Å². The Bertz CT molecular complexity index is 945. The zero-order chi connectivity index (χ0) is 21.4. The van der Waals surface area contributed by atoms with Crippen molar-refractivity contribution in [2.45, 2.75) is 66.0 Å². The monoisotopic (exact) mass is 400 g/mol. The van der Waals surface area contributed by atoms with Crippen LogP contribution in [-0.2, 0) is 17.8 Å². The van der Waals surface area contributed by atoms with Gasteiger partial charge in [0.05, 0.1) is 12.5 Å². The van der Waals surface area contributed by atoms with Crippen LogP contribution in [0.2, 0.25) is 0 Å². The van der Waals surface area contributed by atoms with Crippen LogP contribution in [-0.4, -0.2) is 21.6 Å². The Kier molecular flexibility index (Phi) is 8.24. The molecule has 0 bridgehead atoms. The summed E-state index contributed by atoms with van der Waals surface area (Å²) in [6.07, 6.45) is 2.13. The quantitative estimate of drug-likeness (QED) is 0.513. The topological polar surface area (TPSA) is 91.6 Å². The van der Waals surface area contributed by atoms with Crippen LogP contribution in [0.3, 0.4) is 0 Å². The summed E-state index contributed by atoms with van der Waals surface area (Å²) >= 11 is 0. The molecule has 0 saturated carbocycles. The Balaban J connectivity index is 2.72. The highest BCUT2D eigenvalue weighted by Crippen LogP contribution is 2.25. The molecule has 0 aliphatic carbocycles. The van der Waals surface area contributed by atoms with E-state index in [1.165, 1.54) is 9.13 Å². The molecule has 0 fully saturated rings. The SMILES string of the molecule is CCCn1c(N)c(N=C(OCC)[C@@H](CC)c2ccccc2)c(=O)n(CCC)c1=O. The minimum absolute atomic E-state index is 0.0735. The highest BCUT2D eigenvalue weighted by molar-refractivity contribution is 5.87. The Morgan fingerprint density at radius 2 is 1.66 bits per heavy atom. The van der Waals surface area contributed by atoms with Crippen LogP contribution in [0.1, 0.15) is 58.4 Å². The smallest absolute Gasteiger partial charge is 0.332 e. The summed E-state index contributed by atoms with van der Waals surface area (Å²) in [5, 5.41) is 0. The van der Waals surface area contributed by atoms with E-state index in [0.717, 1.165) is 18.4 Å². The minimum atomic E-state index is -0.471. The number of benzene rings is 1. The molecule has 0 amide bonds. The molecular weight excluding hydrogens is 368 g/mol. The van der Waals surface area contributed by atoms with Crippen molar-refractivity contribution in [1.82, 2.24) is 9.13 Å². The molecule has 2 N–H and O–H groups in total.